The van der Waals surface area contributed by atoms with E-state index in [1.54, 1.807) is 39.0 Å². The summed E-state index contributed by atoms with van der Waals surface area (Å²) >= 11 is 6.04. The van der Waals surface area contributed by atoms with Gasteiger partial charge in [0.05, 0.1) is 0 Å². The number of benzene rings is 2. The van der Waals surface area contributed by atoms with Crippen molar-refractivity contribution in [2.24, 2.45) is 11.3 Å². The Kier molecular flexibility index (Phi) is 8.72. The Bertz CT molecular complexity index is 1190. The number of carbonyl (C=O) groups is 3. The molecule has 204 valence electrons. The SMILES string of the molecule is C=CCC1(C[C@@H](CC(=O)OC(C)(C)C)Cc2ccc(-c3cc(Cl)ccc3F)cc2)C(=O)OC(C)(C)OC1=O. The van der Waals surface area contributed by atoms with Gasteiger partial charge >= 0.3 is 17.9 Å². The molecule has 0 N–H and O–H groups in total. The third-order valence-electron chi connectivity index (χ3n) is 6.18. The molecule has 0 amide bonds. The summed E-state index contributed by atoms with van der Waals surface area (Å²) < 4.78 is 30.8. The van der Waals surface area contributed by atoms with Gasteiger partial charge in [0, 0.05) is 30.9 Å². The van der Waals surface area contributed by atoms with Crippen molar-refractivity contribution in [2.45, 2.75) is 71.7 Å². The maximum atomic E-state index is 14.3. The predicted octanol–water partition coefficient (Wildman–Crippen LogP) is 6.83. The van der Waals surface area contributed by atoms with Gasteiger partial charge in [-0.3, -0.25) is 14.4 Å². The summed E-state index contributed by atoms with van der Waals surface area (Å²) in [5.41, 5.74) is -0.489. The van der Waals surface area contributed by atoms with Gasteiger partial charge in [0.1, 0.15) is 11.4 Å². The Balaban J connectivity index is 1.91. The van der Waals surface area contributed by atoms with E-state index in [4.69, 9.17) is 25.8 Å². The highest BCUT2D eigenvalue weighted by Gasteiger charge is 2.56. The average molecular weight is 545 g/mol. The number of ether oxygens (including phenoxy) is 3. The van der Waals surface area contributed by atoms with E-state index in [1.807, 2.05) is 12.1 Å². The van der Waals surface area contributed by atoms with Crippen LogP contribution in [0.25, 0.3) is 11.1 Å². The van der Waals surface area contributed by atoms with Gasteiger partial charge in [-0.2, -0.15) is 0 Å². The first-order valence-corrected chi connectivity index (χ1v) is 12.9. The van der Waals surface area contributed by atoms with E-state index in [1.165, 1.54) is 32.1 Å². The van der Waals surface area contributed by atoms with Crippen LogP contribution in [0, 0.1) is 17.2 Å². The zero-order valence-electron chi connectivity index (χ0n) is 22.4. The zero-order valence-corrected chi connectivity index (χ0v) is 23.2. The molecule has 1 fully saturated rings. The lowest BCUT2D eigenvalue weighted by Gasteiger charge is -2.41. The number of carbonyl (C=O) groups excluding carboxylic acids is 3. The van der Waals surface area contributed by atoms with E-state index < -0.39 is 46.4 Å². The lowest BCUT2D eigenvalue weighted by Crippen LogP contribution is -2.54. The van der Waals surface area contributed by atoms with Crippen LogP contribution in [0.3, 0.4) is 0 Å². The molecule has 2 aromatic rings. The minimum Gasteiger partial charge on any atom is -0.460 e. The lowest BCUT2D eigenvalue weighted by molar-refractivity contribution is -0.252. The Labute approximate surface area is 228 Å². The molecule has 0 radical (unpaired) electrons. The molecule has 1 atom stereocenters. The average Bonchev–Trinajstić information content (AvgIpc) is 2.78. The Morgan fingerprint density at radius 3 is 2.26 bits per heavy atom. The molecule has 0 saturated carbocycles. The quantitative estimate of drug-likeness (QED) is 0.196. The van der Waals surface area contributed by atoms with E-state index in [2.05, 4.69) is 6.58 Å². The number of rotatable bonds is 9. The minimum atomic E-state index is -1.63. The molecule has 0 unspecified atom stereocenters. The van der Waals surface area contributed by atoms with Gasteiger partial charge in [-0.05, 0) is 75.3 Å². The van der Waals surface area contributed by atoms with Crippen molar-refractivity contribution in [3.63, 3.8) is 0 Å². The van der Waals surface area contributed by atoms with Gasteiger partial charge in [-0.1, -0.05) is 41.9 Å². The molecule has 1 aliphatic heterocycles. The molecular weight excluding hydrogens is 511 g/mol. The first-order chi connectivity index (χ1) is 17.6. The van der Waals surface area contributed by atoms with Gasteiger partial charge in [0.25, 0.3) is 5.79 Å². The fourth-order valence-corrected chi connectivity index (χ4v) is 4.78. The van der Waals surface area contributed by atoms with Crippen molar-refractivity contribution in [3.05, 3.63) is 71.5 Å². The highest BCUT2D eigenvalue weighted by molar-refractivity contribution is 6.30. The van der Waals surface area contributed by atoms with Crippen molar-refractivity contribution in [1.29, 1.82) is 0 Å². The van der Waals surface area contributed by atoms with E-state index in [9.17, 15) is 18.8 Å². The number of esters is 3. The van der Waals surface area contributed by atoms with E-state index in [0.717, 1.165) is 5.56 Å². The van der Waals surface area contributed by atoms with Crippen LogP contribution in [0.2, 0.25) is 5.02 Å². The lowest BCUT2D eigenvalue weighted by atomic mass is 9.73. The normalized spacial score (nSPS) is 17.2. The molecule has 6 nitrogen and oxygen atoms in total. The first-order valence-electron chi connectivity index (χ1n) is 12.5. The molecule has 1 heterocycles. The highest BCUT2D eigenvalue weighted by atomic mass is 35.5. The van der Waals surface area contributed by atoms with Crippen LogP contribution < -0.4 is 0 Å². The maximum absolute atomic E-state index is 14.3. The standard InChI is InChI=1S/C30H34ClFO6/c1-7-14-30(26(34)37-29(5,6)38-27(30)35)18-20(16-25(33)36-28(2,3)4)15-19-8-10-21(11-9-19)23-17-22(31)12-13-24(23)32/h7-13,17,20H,1,14-16,18H2,2-6H3/t20-/m1/s1. The second kappa shape index (κ2) is 11.3. The van der Waals surface area contributed by atoms with Gasteiger partial charge in [-0.15, -0.1) is 6.58 Å². The summed E-state index contributed by atoms with van der Waals surface area (Å²) in [4.78, 5) is 39.1. The molecule has 0 bridgehead atoms. The highest BCUT2D eigenvalue weighted by Crippen LogP contribution is 2.42. The number of halogens is 2. The fourth-order valence-electron chi connectivity index (χ4n) is 4.61. The van der Waals surface area contributed by atoms with Crippen LogP contribution in [0.4, 0.5) is 4.39 Å². The molecule has 3 rings (SSSR count). The Hall–Kier alpha value is -3.19. The molecular formula is C30H34ClFO6. The van der Waals surface area contributed by atoms with Crippen molar-refractivity contribution < 1.29 is 33.0 Å². The van der Waals surface area contributed by atoms with Crippen LogP contribution in [0.15, 0.2) is 55.1 Å². The second-order valence-electron chi connectivity index (χ2n) is 11.1. The number of hydrogen-bond acceptors (Lipinski definition) is 6. The smallest absolute Gasteiger partial charge is 0.327 e. The van der Waals surface area contributed by atoms with Crippen LogP contribution in [0.1, 0.15) is 59.4 Å². The minimum absolute atomic E-state index is 0.00144. The molecule has 2 aromatic carbocycles. The summed E-state index contributed by atoms with van der Waals surface area (Å²) in [6.45, 7) is 12.0. The van der Waals surface area contributed by atoms with Crippen LogP contribution in [-0.2, 0) is 35.0 Å². The number of cyclic esters (lactones) is 2. The summed E-state index contributed by atoms with van der Waals surface area (Å²) in [5.74, 6) is -4.12. The zero-order chi connectivity index (χ0) is 28.3. The monoisotopic (exact) mass is 544 g/mol. The number of hydrogen-bond donors (Lipinski definition) is 0. The fraction of sp³-hybridized carbons (Fsp3) is 0.433. The molecule has 0 spiro atoms. The second-order valence-corrected chi connectivity index (χ2v) is 11.6. The first kappa shape index (κ1) is 29.4. The predicted molar refractivity (Wildman–Crippen MR) is 143 cm³/mol. The van der Waals surface area contributed by atoms with Crippen molar-refractivity contribution in [1.82, 2.24) is 0 Å². The van der Waals surface area contributed by atoms with E-state index in [-0.39, 0.29) is 19.3 Å². The largest absolute Gasteiger partial charge is 0.460 e. The van der Waals surface area contributed by atoms with Crippen LogP contribution in [-0.4, -0.2) is 29.3 Å². The Morgan fingerprint density at radius 1 is 1.11 bits per heavy atom. The molecule has 38 heavy (non-hydrogen) atoms. The van der Waals surface area contributed by atoms with Crippen LogP contribution in [0.5, 0.6) is 0 Å². The van der Waals surface area contributed by atoms with Crippen molar-refractivity contribution in [2.75, 3.05) is 0 Å². The molecule has 1 saturated heterocycles. The third kappa shape index (κ3) is 7.22. The van der Waals surface area contributed by atoms with Crippen molar-refractivity contribution in [3.8, 4) is 11.1 Å². The van der Waals surface area contributed by atoms with E-state index >= 15 is 0 Å². The summed E-state index contributed by atoms with van der Waals surface area (Å²) in [7, 11) is 0. The summed E-state index contributed by atoms with van der Waals surface area (Å²) in [5, 5.41) is 0.421. The Morgan fingerprint density at radius 2 is 1.71 bits per heavy atom. The maximum Gasteiger partial charge on any atom is 0.327 e. The van der Waals surface area contributed by atoms with Gasteiger partial charge in [-0.25, -0.2) is 4.39 Å². The molecule has 1 aliphatic rings. The van der Waals surface area contributed by atoms with Gasteiger partial charge in [0.15, 0.2) is 5.41 Å². The molecule has 8 heteroatoms. The molecule has 0 aliphatic carbocycles. The topological polar surface area (TPSA) is 78.9 Å². The van der Waals surface area contributed by atoms with Crippen molar-refractivity contribution >= 4 is 29.5 Å². The van der Waals surface area contributed by atoms with Gasteiger partial charge in [0.2, 0.25) is 0 Å². The van der Waals surface area contributed by atoms with Crippen LogP contribution >= 0.6 is 11.6 Å². The molecule has 0 aromatic heterocycles. The summed E-state index contributed by atoms with van der Waals surface area (Å²) in [6, 6.07) is 11.5. The number of allylic oxidation sites excluding steroid dienone is 1. The summed E-state index contributed by atoms with van der Waals surface area (Å²) in [6.07, 6.45) is 1.78. The van der Waals surface area contributed by atoms with E-state index in [0.29, 0.717) is 22.6 Å². The third-order valence-corrected chi connectivity index (χ3v) is 6.42. The van der Waals surface area contributed by atoms with Gasteiger partial charge < -0.3 is 14.2 Å².